The molecule has 0 unspecified atom stereocenters. The van der Waals surface area contributed by atoms with E-state index in [-0.39, 0.29) is 17.3 Å². The molecule has 7 nitrogen and oxygen atoms in total. The van der Waals surface area contributed by atoms with E-state index in [1.807, 2.05) is 6.07 Å². The van der Waals surface area contributed by atoms with Crippen LogP contribution in [-0.2, 0) is 0 Å². The van der Waals surface area contributed by atoms with Crippen LogP contribution in [0.15, 0.2) is 29.3 Å². The van der Waals surface area contributed by atoms with Crippen LogP contribution in [0.3, 0.4) is 0 Å². The zero-order chi connectivity index (χ0) is 17.0. The van der Waals surface area contributed by atoms with E-state index in [2.05, 4.69) is 32.5 Å². The number of nitriles is 1. The van der Waals surface area contributed by atoms with Crippen molar-refractivity contribution in [2.24, 2.45) is 0 Å². The van der Waals surface area contributed by atoms with Crippen LogP contribution in [0.4, 0.5) is 11.8 Å². The van der Waals surface area contributed by atoms with Crippen molar-refractivity contribution >= 4 is 27.7 Å². The highest BCUT2D eigenvalue weighted by molar-refractivity contribution is 9.10. The SMILES string of the molecule is C=CCOc1c(Br)cc(-c2nc(N)nc(N)c2C#N)cc1OC. The number of nitrogens with two attached hydrogens (primary N) is 2. The number of ether oxygens (including phenoxy) is 2. The Labute approximate surface area is 141 Å². The van der Waals surface area contributed by atoms with Gasteiger partial charge in [-0.05, 0) is 28.1 Å². The van der Waals surface area contributed by atoms with Gasteiger partial charge in [-0.2, -0.15) is 10.2 Å². The number of rotatable bonds is 5. The summed E-state index contributed by atoms with van der Waals surface area (Å²) in [5.74, 6) is 0.996. The lowest BCUT2D eigenvalue weighted by Crippen LogP contribution is -2.05. The first-order chi connectivity index (χ1) is 11.0. The lowest BCUT2D eigenvalue weighted by molar-refractivity contribution is 0.324. The van der Waals surface area contributed by atoms with E-state index in [9.17, 15) is 5.26 Å². The molecule has 0 fully saturated rings. The molecule has 8 heteroatoms. The van der Waals surface area contributed by atoms with Gasteiger partial charge in [0.2, 0.25) is 5.95 Å². The standard InChI is InChI=1S/C15H14BrN5O2/c1-3-4-23-13-10(16)5-8(6-11(13)22-2)12-9(7-17)14(18)21-15(19)20-12/h3,5-6H,1,4H2,2H3,(H4,18,19,20,21). The molecule has 1 aromatic heterocycles. The third-order valence-corrected chi connectivity index (χ3v) is 3.50. The molecule has 0 saturated carbocycles. The topological polar surface area (TPSA) is 120 Å². The summed E-state index contributed by atoms with van der Waals surface area (Å²) in [7, 11) is 1.51. The first-order valence-electron chi connectivity index (χ1n) is 6.46. The summed E-state index contributed by atoms with van der Waals surface area (Å²) in [6.07, 6.45) is 1.62. The molecule has 118 valence electrons. The molecule has 0 aliphatic heterocycles. The maximum atomic E-state index is 9.29. The molecule has 0 radical (unpaired) electrons. The van der Waals surface area contributed by atoms with Crippen LogP contribution >= 0.6 is 15.9 Å². The van der Waals surface area contributed by atoms with E-state index in [4.69, 9.17) is 20.9 Å². The number of hydrogen-bond acceptors (Lipinski definition) is 7. The fourth-order valence-electron chi connectivity index (χ4n) is 1.95. The van der Waals surface area contributed by atoms with Gasteiger partial charge in [0.1, 0.15) is 24.1 Å². The minimum Gasteiger partial charge on any atom is -0.493 e. The lowest BCUT2D eigenvalue weighted by Gasteiger charge is -2.14. The third kappa shape index (κ3) is 3.35. The Hall–Kier alpha value is -2.79. The van der Waals surface area contributed by atoms with E-state index in [0.717, 1.165) is 0 Å². The molecule has 1 aromatic carbocycles. The van der Waals surface area contributed by atoms with Crippen LogP contribution in [0.5, 0.6) is 11.5 Å². The highest BCUT2D eigenvalue weighted by atomic mass is 79.9. The van der Waals surface area contributed by atoms with Crippen LogP contribution in [0.2, 0.25) is 0 Å². The van der Waals surface area contributed by atoms with E-state index >= 15 is 0 Å². The summed E-state index contributed by atoms with van der Waals surface area (Å²) in [5, 5.41) is 9.29. The molecule has 2 aromatic rings. The molecule has 0 amide bonds. The first-order valence-corrected chi connectivity index (χ1v) is 7.25. The van der Waals surface area contributed by atoms with Crippen LogP contribution in [0, 0.1) is 11.3 Å². The maximum absolute atomic E-state index is 9.29. The van der Waals surface area contributed by atoms with Gasteiger partial charge in [0.05, 0.1) is 17.3 Å². The predicted molar refractivity (Wildman–Crippen MR) is 91.0 cm³/mol. The van der Waals surface area contributed by atoms with Crippen LogP contribution < -0.4 is 20.9 Å². The fraction of sp³-hybridized carbons (Fsp3) is 0.133. The van der Waals surface area contributed by atoms with Crippen molar-refractivity contribution < 1.29 is 9.47 Å². The molecule has 0 aliphatic rings. The first kappa shape index (κ1) is 16.6. The Bertz CT molecular complexity index is 801. The van der Waals surface area contributed by atoms with Gasteiger partial charge in [-0.3, -0.25) is 0 Å². The summed E-state index contributed by atoms with van der Waals surface area (Å²) in [6.45, 7) is 3.93. The van der Waals surface area contributed by atoms with Crippen LogP contribution in [0.1, 0.15) is 5.56 Å². The Morgan fingerprint density at radius 3 is 2.74 bits per heavy atom. The van der Waals surface area contributed by atoms with Crippen molar-refractivity contribution in [2.45, 2.75) is 0 Å². The minimum absolute atomic E-state index is 0.0152. The van der Waals surface area contributed by atoms with Crippen molar-refractivity contribution in [1.29, 1.82) is 5.26 Å². The normalized spacial score (nSPS) is 9.96. The Morgan fingerprint density at radius 1 is 1.39 bits per heavy atom. The average Bonchev–Trinajstić information content (AvgIpc) is 2.52. The molecular weight excluding hydrogens is 362 g/mol. The van der Waals surface area contributed by atoms with Crippen LogP contribution in [-0.4, -0.2) is 23.7 Å². The Kier molecular flexibility index (Phi) is 5.03. The molecule has 0 aliphatic carbocycles. The fourth-order valence-corrected chi connectivity index (χ4v) is 2.51. The van der Waals surface area contributed by atoms with E-state index in [0.29, 0.717) is 33.8 Å². The van der Waals surface area contributed by atoms with Gasteiger partial charge in [0.25, 0.3) is 0 Å². The summed E-state index contributed by atoms with van der Waals surface area (Å²) in [5.41, 5.74) is 12.4. The molecular formula is C15H14BrN5O2. The predicted octanol–water partition coefficient (Wildman–Crippen LogP) is 2.52. The van der Waals surface area contributed by atoms with Gasteiger partial charge in [0.15, 0.2) is 11.5 Å². The molecule has 0 atom stereocenters. The van der Waals surface area contributed by atoms with Crippen molar-refractivity contribution in [3.63, 3.8) is 0 Å². The van der Waals surface area contributed by atoms with Gasteiger partial charge in [-0.1, -0.05) is 12.7 Å². The quantitative estimate of drug-likeness (QED) is 0.770. The highest BCUT2D eigenvalue weighted by Crippen LogP contribution is 2.40. The smallest absolute Gasteiger partial charge is 0.222 e. The zero-order valence-electron chi connectivity index (χ0n) is 12.3. The summed E-state index contributed by atoms with van der Waals surface area (Å²) < 4.78 is 11.5. The number of nitrogen functional groups attached to an aromatic ring is 2. The van der Waals surface area contributed by atoms with Gasteiger partial charge < -0.3 is 20.9 Å². The Morgan fingerprint density at radius 2 is 2.13 bits per heavy atom. The number of halogens is 1. The summed E-state index contributed by atoms with van der Waals surface area (Å²) in [4.78, 5) is 7.91. The lowest BCUT2D eigenvalue weighted by atomic mass is 10.1. The van der Waals surface area contributed by atoms with Crippen LogP contribution in [0.25, 0.3) is 11.3 Å². The molecule has 0 bridgehead atoms. The number of nitrogens with zero attached hydrogens (tertiary/aromatic N) is 3. The van der Waals surface area contributed by atoms with Gasteiger partial charge in [-0.15, -0.1) is 0 Å². The largest absolute Gasteiger partial charge is 0.493 e. The summed E-state index contributed by atoms with van der Waals surface area (Å²) >= 11 is 3.42. The second-order valence-electron chi connectivity index (χ2n) is 4.39. The van der Waals surface area contributed by atoms with Crippen molar-refractivity contribution in [1.82, 2.24) is 9.97 Å². The minimum atomic E-state index is -0.0152. The van der Waals surface area contributed by atoms with Crippen molar-refractivity contribution in [2.75, 3.05) is 25.2 Å². The number of aromatic nitrogens is 2. The van der Waals surface area contributed by atoms with E-state index < -0.39 is 0 Å². The molecule has 0 saturated heterocycles. The monoisotopic (exact) mass is 375 g/mol. The second kappa shape index (κ2) is 6.98. The zero-order valence-corrected chi connectivity index (χ0v) is 13.9. The molecule has 4 N–H and O–H groups in total. The average molecular weight is 376 g/mol. The number of hydrogen-bond donors (Lipinski definition) is 2. The van der Waals surface area contributed by atoms with Crippen molar-refractivity contribution in [3.8, 4) is 28.8 Å². The number of anilines is 2. The number of methoxy groups -OCH3 is 1. The Balaban J connectivity index is 2.64. The van der Waals surface area contributed by atoms with E-state index in [1.165, 1.54) is 7.11 Å². The second-order valence-corrected chi connectivity index (χ2v) is 5.25. The number of benzene rings is 1. The third-order valence-electron chi connectivity index (χ3n) is 2.91. The van der Waals surface area contributed by atoms with Gasteiger partial charge >= 0.3 is 0 Å². The van der Waals surface area contributed by atoms with Gasteiger partial charge in [0, 0.05) is 5.56 Å². The van der Waals surface area contributed by atoms with Crippen molar-refractivity contribution in [3.05, 3.63) is 34.8 Å². The maximum Gasteiger partial charge on any atom is 0.222 e. The van der Waals surface area contributed by atoms with E-state index in [1.54, 1.807) is 18.2 Å². The molecule has 1 heterocycles. The molecule has 0 spiro atoms. The molecule has 2 rings (SSSR count). The highest BCUT2D eigenvalue weighted by Gasteiger charge is 2.18. The van der Waals surface area contributed by atoms with Gasteiger partial charge in [-0.25, -0.2) is 4.98 Å². The molecule has 23 heavy (non-hydrogen) atoms. The summed E-state index contributed by atoms with van der Waals surface area (Å²) in [6, 6.07) is 5.41.